The minimum absolute atomic E-state index is 0.159. The van der Waals surface area contributed by atoms with Crippen LogP contribution in [0.2, 0.25) is 0 Å². The van der Waals surface area contributed by atoms with Crippen molar-refractivity contribution in [3.8, 4) is 0 Å². The van der Waals surface area contributed by atoms with E-state index in [-0.39, 0.29) is 18.7 Å². The maximum absolute atomic E-state index is 9.04. The van der Waals surface area contributed by atoms with E-state index in [1.807, 2.05) is 18.2 Å². The zero-order valence-corrected chi connectivity index (χ0v) is 8.77. The maximum Gasteiger partial charge on any atom is 0.0584 e. The van der Waals surface area contributed by atoms with Crippen LogP contribution in [0.5, 0.6) is 0 Å². The zero-order chi connectivity index (χ0) is 10.4. The summed E-state index contributed by atoms with van der Waals surface area (Å²) in [7, 11) is 0. The van der Waals surface area contributed by atoms with Gasteiger partial charge in [-0.25, -0.2) is 0 Å². The van der Waals surface area contributed by atoms with Crippen LogP contribution in [0.1, 0.15) is 32.0 Å². The van der Waals surface area contributed by atoms with Gasteiger partial charge in [-0.15, -0.1) is 0 Å². The lowest BCUT2D eigenvalue weighted by Gasteiger charge is -2.19. The van der Waals surface area contributed by atoms with Gasteiger partial charge in [0.05, 0.1) is 12.3 Å². The average molecular weight is 194 g/mol. The van der Waals surface area contributed by atoms with Crippen molar-refractivity contribution in [3.63, 3.8) is 0 Å². The topological polar surface area (TPSA) is 45.1 Å². The molecule has 14 heavy (non-hydrogen) atoms. The van der Waals surface area contributed by atoms with Crippen LogP contribution in [-0.4, -0.2) is 22.7 Å². The molecule has 0 spiro atoms. The molecular formula is C11H18N2O. The number of pyridine rings is 1. The molecule has 1 aromatic rings. The van der Waals surface area contributed by atoms with E-state index in [4.69, 9.17) is 5.11 Å². The first-order valence-electron chi connectivity index (χ1n) is 5.05. The van der Waals surface area contributed by atoms with Crippen LogP contribution in [0.15, 0.2) is 24.4 Å². The highest BCUT2D eigenvalue weighted by Gasteiger charge is 2.10. The summed E-state index contributed by atoms with van der Waals surface area (Å²) in [5.74, 6) is 0. The Kier molecular flexibility index (Phi) is 4.56. The first-order chi connectivity index (χ1) is 6.77. The van der Waals surface area contributed by atoms with Gasteiger partial charge in [-0.1, -0.05) is 13.0 Å². The van der Waals surface area contributed by atoms with Crippen molar-refractivity contribution in [2.75, 3.05) is 6.61 Å². The van der Waals surface area contributed by atoms with E-state index in [1.54, 1.807) is 6.20 Å². The van der Waals surface area contributed by atoms with Crippen molar-refractivity contribution >= 4 is 0 Å². The van der Waals surface area contributed by atoms with Crippen LogP contribution in [0.25, 0.3) is 0 Å². The van der Waals surface area contributed by atoms with E-state index < -0.39 is 0 Å². The van der Waals surface area contributed by atoms with Gasteiger partial charge in [0, 0.05) is 18.3 Å². The zero-order valence-electron chi connectivity index (χ0n) is 8.77. The lowest BCUT2D eigenvalue weighted by Crippen LogP contribution is -2.34. The van der Waals surface area contributed by atoms with Gasteiger partial charge in [-0.3, -0.25) is 4.98 Å². The molecule has 0 aromatic carbocycles. The van der Waals surface area contributed by atoms with Gasteiger partial charge in [0.1, 0.15) is 0 Å². The van der Waals surface area contributed by atoms with Crippen LogP contribution in [0.3, 0.4) is 0 Å². The molecular weight excluding hydrogens is 176 g/mol. The third-order valence-electron chi connectivity index (χ3n) is 2.33. The summed E-state index contributed by atoms with van der Waals surface area (Å²) in [5, 5.41) is 12.4. The minimum atomic E-state index is 0.159. The number of nitrogens with zero attached hydrogens (tertiary/aromatic N) is 1. The molecule has 1 aromatic heterocycles. The summed E-state index contributed by atoms with van der Waals surface area (Å²) in [6.07, 6.45) is 2.71. The first kappa shape index (κ1) is 11.1. The average Bonchev–Trinajstić information content (AvgIpc) is 2.26. The largest absolute Gasteiger partial charge is 0.395 e. The second kappa shape index (κ2) is 5.73. The van der Waals surface area contributed by atoms with Crippen LogP contribution in [0, 0.1) is 0 Å². The van der Waals surface area contributed by atoms with Gasteiger partial charge < -0.3 is 10.4 Å². The van der Waals surface area contributed by atoms with Crippen LogP contribution in [-0.2, 0) is 0 Å². The SMILES string of the molecule is CC[C@H](CO)NC(C)c1ccccn1. The third kappa shape index (κ3) is 3.09. The Morgan fingerprint density at radius 2 is 2.29 bits per heavy atom. The highest BCUT2D eigenvalue weighted by molar-refractivity contribution is 5.07. The van der Waals surface area contributed by atoms with Crippen molar-refractivity contribution in [1.82, 2.24) is 10.3 Å². The van der Waals surface area contributed by atoms with E-state index in [1.165, 1.54) is 0 Å². The molecule has 0 saturated carbocycles. The van der Waals surface area contributed by atoms with Gasteiger partial charge in [0.15, 0.2) is 0 Å². The molecule has 2 atom stereocenters. The Bertz CT molecular complexity index is 247. The molecule has 1 unspecified atom stereocenters. The third-order valence-corrected chi connectivity index (χ3v) is 2.33. The maximum atomic E-state index is 9.04. The molecule has 2 N–H and O–H groups in total. The van der Waals surface area contributed by atoms with Gasteiger partial charge in [-0.2, -0.15) is 0 Å². The van der Waals surface area contributed by atoms with Gasteiger partial charge >= 0.3 is 0 Å². The van der Waals surface area contributed by atoms with E-state index in [9.17, 15) is 0 Å². The van der Waals surface area contributed by atoms with Gasteiger partial charge in [0.25, 0.3) is 0 Å². The fourth-order valence-electron chi connectivity index (χ4n) is 1.37. The number of hydrogen-bond acceptors (Lipinski definition) is 3. The lowest BCUT2D eigenvalue weighted by molar-refractivity contribution is 0.229. The number of aliphatic hydroxyl groups is 1. The predicted molar refractivity (Wildman–Crippen MR) is 57.0 cm³/mol. The van der Waals surface area contributed by atoms with Gasteiger partial charge in [-0.05, 0) is 25.5 Å². The van der Waals surface area contributed by atoms with Crippen molar-refractivity contribution in [2.45, 2.75) is 32.4 Å². The number of rotatable bonds is 5. The van der Waals surface area contributed by atoms with E-state index in [0.717, 1.165) is 12.1 Å². The molecule has 78 valence electrons. The normalized spacial score (nSPS) is 15.1. The second-order valence-corrected chi connectivity index (χ2v) is 3.43. The highest BCUT2D eigenvalue weighted by Crippen LogP contribution is 2.09. The van der Waals surface area contributed by atoms with E-state index in [2.05, 4.69) is 24.1 Å². The smallest absolute Gasteiger partial charge is 0.0584 e. The molecule has 1 heterocycles. The van der Waals surface area contributed by atoms with Gasteiger partial charge in [0.2, 0.25) is 0 Å². The predicted octanol–water partition coefficient (Wildman–Crippen LogP) is 1.50. The van der Waals surface area contributed by atoms with Crippen LogP contribution < -0.4 is 5.32 Å². The molecule has 0 aliphatic rings. The Labute approximate surface area is 85.2 Å². The molecule has 0 aliphatic heterocycles. The summed E-state index contributed by atoms with van der Waals surface area (Å²) in [6, 6.07) is 6.21. The summed E-state index contributed by atoms with van der Waals surface area (Å²) >= 11 is 0. The summed E-state index contributed by atoms with van der Waals surface area (Å²) in [5.41, 5.74) is 1.01. The molecule has 1 rings (SSSR count). The fraction of sp³-hybridized carbons (Fsp3) is 0.545. The molecule has 0 fully saturated rings. The second-order valence-electron chi connectivity index (χ2n) is 3.43. The number of aliphatic hydroxyl groups excluding tert-OH is 1. The van der Waals surface area contributed by atoms with Crippen molar-refractivity contribution < 1.29 is 5.11 Å². The van der Waals surface area contributed by atoms with E-state index >= 15 is 0 Å². The standard InChI is InChI=1S/C11H18N2O/c1-3-10(8-14)13-9(2)11-6-4-5-7-12-11/h4-7,9-10,13-14H,3,8H2,1-2H3/t9?,10-/m1/s1. The molecule has 3 nitrogen and oxygen atoms in total. The van der Waals surface area contributed by atoms with Crippen molar-refractivity contribution in [2.24, 2.45) is 0 Å². The Hall–Kier alpha value is -0.930. The number of nitrogens with one attached hydrogen (secondary N) is 1. The molecule has 0 bridgehead atoms. The Morgan fingerprint density at radius 3 is 2.79 bits per heavy atom. The minimum Gasteiger partial charge on any atom is -0.395 e. The highest BCUT2D eigenvalue weighted by atomic mass is 16.3. The number of aromatic nitrogens is 1. The quantitative estimate of drug-likeness (QED) is 0.746. The molecule has 0 saturated heterocycles. The Morgan fingerprint density at radius 1 is 1.50 bits per heavy atom. The fourth-order valence-corrected chi connectivity index (χ4v) is 1.37. The molecule has 0 aliphatic carbocycles. The van der Waals surface area contributed by atoms with Crippen molar-refractivity contribution in [1.29, 1.82) is 0 Å². The van der Waals surface area contributed by atoms with Crippen LogP contribution in [0.4, 0.5) is 0 Å². The molecule has 0 radical (unpaired) electrons. The summed E-state index contributed by atoms with van der Waals surface area (Å²) < 4.78 is 0. The monoisotopic (exact) mass is 194 g/mol. The van der Waals surface area contributed by atoms with E-state index in [0.29, 0.717) is 0 Å². The Balaban J connectivity index is 2.54. The van der Waals surface area contributed by atoms with Crippen LogP contribution >= 0.6 is 0 Å². The molecule has 3 heteroatoms. The summed E-state index contributed by atoms with van der Waals surface area (Å²) in [4.78, 5) is 4.26. The molecule has 0 amide bonds. The first-order valence-corrected chi connectivity index (χ1v) is 5.05. The number of hydrogen-bond donors (Lipinski definition) is 2. The lowest BCUT2D eigenvalue weighted by atomic mass is 10.1. The summed E-state index contributed by atoms with van der Waals surface area (Å²) in [6.45, 7) is 4.29. The van der Waals surface area contributed by atoms with Crippen molar-refractivity contribution in [3.05, 3.63) is 30.1 Å².